The first-order chi connectivity index (χ1) is 9.26. The highest BCUT2D eigenvalue weighted by Crippen LogP contribution is 2.03. The summed E-state index contributed by atoms with van der Waals surface area (Å²) in [5, 5.41) is 5.08. The van der Waals surface area contributed by atoms with Crippen molar-refractivity contribution in [1.82, 2.24) is 10.6 Å². The standard InChI is InChI=1S/C14H20FN3O2.ClH/c1-14(2,16)9-18-13(20)8-17-12(19)7-10-4-3-5-11(15)6-10;/h3-6H,7-9,16H2,1-2H3,(H,17,19)(H,18,20);1H. The largest absolute Gasteiger partial charge is 0.353 e. The Morgan fingerprint density at radius 1 is 1.24 bits per heavy atom. The van der Waals surface area contributed by atoms with Crippen LogP contribution in [0, 0.1) is 5.82 Å². The van der Waals surface area contributed by atoms with E-state index in [2.05, 4.69) is 10.6 Å². The average Bonchev–Trinajstić information content (AvgIpc) is 2.33. The molecule has 118 valence electrons. The normalized spacial score (nSPS) is 10.5. The quantitative estimate of drug-likeness (QED) is 0.724. The lowest BCUT2D eigenvalue weighted by Gasteiger charge is -2.18. The van der Waals surface area contributed by atoms with E-state index in [1.54, 1.807) is 19.9 Å². The third kappa shape index (κ3) is 8.99. The fourth-order valence-corrected chi connectivity index (χ4v) is 1.46. The van der Waals surface area contributed by atoms with Gasteiger partial charge in [0.15, 0.2) is 0 Å². The van der Waals surface area contributed by atoms with Gasteiger partial charge in [0.2, 0.25) is 11.8 Å². The lowest BCUT2D eigenvalue weighted by molar-refractivity contribution is -0.125. The van der Waals surface area contributed by atoms with Crippen molar-refractivity contribution >= 4 is 24.2 Å². The predicted molar refractivity (Wildman–Crippen MR) is 81.6 cm³/mol. The van der Waals surface area contributed by atoms with Gasteiger partial charge in [0.1, 0.15) is 5.82 Å². The number of nitrogens with two attached hydrogens (primary N) is 1. The highest BCUT2D eigenvalue weighted by atomic mass is 35.5. The van der Waals surface area contributed by atoms with Crippen LogP contribution in [0.25, 0.3) is 0 Å². The number of benzene rings is 1. The Morgan fingerprint density at radius 2 is 1.90 bits per heavy atom. The lowest BCUT2D eigenvalue weighted by Crippen LogP contribution is -2.47. The summed E-state index contributed by atoms with van der Waals surface area (Å²) < 4.78 is 12.9. The van der Waals surface area contributed by atoms with E-state index in [9.17, 15) is 14.0 Å². The monoisotopic (exact) mass is 317 g/mol. The van der Waals surface area contributed by atoms with Crippen LogP contribution >= 0.6 is 12.4 Å². The van der Waals surface area contributed by atoms with Crippen molar-refractivity contribution in [1.29, 1.82) is 0 Å². The number of amides is 2. The van der Waals surface area contributed by atoms with E-state index in [-0.39, 0.29) is 37.2 Å². The fraction of sp³-hybridized carbons (Fsp3) is 0.429. The number of carbonyl (C=O) groups is 2. The van der Waals surface area contributed by atoms with Crippen molar-refractivity contribution in [2.24, 2.45) is 5.73 Å². The van der Waals surface area contributed by atoms with Crippen LogP contribution in [0.4, 0.5) is 4.39 Å². The van der Waals surface area contributed by atoms with Gasteiger partial charge in [0.25, 0.3) is 0 Å². The summed E-state index contributed by atoms with van der Waals surface area (Å²) in [6, 6.07) is 5.79. The number of hydrogen-bond donors (Lipinski definition) is 3. The van der Waals surface area contributed by atoms with Gasteiger partial charge in [-0.1, -0.05) is 12.1 Å². The van der Waals surface area contributed by atoms with Crippen LogP contribution in [0.1, 0.15) is 19.4 Å². The van der Waals surface area contributed by atoms with Gasteiger partial charge in [-0.15, -0.1) is 12.4 Å². The molecular formula is C14H21ClFN3O2. The van der Waals surface area contributed by atoms with Crippen LogP contribution in [0.2, 0.25) is 0 Å². The van der Waals surface area contributed by atoms with Gasteiger partial charge in [-0.2, -0.15) is 0 Å². The Labute approximate surface area is 129 Å². The smallest absolute Gasteiger partial charge is 0.239 e. The molecule has 0 bridgehead atoms. The first kappa shape index (κ1) is 19.3. The number of hydrogen-bond acceptors (Lipinski definition) is 3. The Kier molecular flexibility index (Phi) is 7.91. The molecule has 0 aliphatic carbocycles. The summed E-state index contributed by atoms with van der Waals surface area (Å²) in [5.74, 6) is -1.04. The van der Waals surface area contributed by atoms with Gasteiger partial charge in [-0.05, 0) is 31.5 Å². The first-order valence-corrected chi connectivity index (χ1v) is 6.33. The third-order valence-electron chi connectivity index (χ3n) is 2.44. The number of carbonyl (C=O) groups excluding carboxylic acids is 2. The van der Waals surface area contributed by atoms with Crippen molar-refractivity contribution < 1.29 is 14.0 Å². The van der Waals surface area contributed by atoms with Gasteiger partial charge < -0.3 is 16.4 Å². The highest BCUT2D eigenvalue weighted by Gasteiger charge is 2.12. The van der Waals surface area contributed by atoms with E-state index < -0.39 is 11.4 Å². The Balaban J connectivity index is 0.00000400. The molecule has 21 heavy (non-hydrogen) atoms. The molecule has 0 saturated carbocycles. The molecular weight excluding hydrogens is 297 g/mol. The summed E-state index contributed by atoms with van der Waals surface area (Å²) in [4.78, 5) is 23.1. The number of halogens is 2. The molecule has 0 atom stereocenters. The zero-order valence-electron chi connectivity index (χ0n) is 12.1. The molecule has 5 nitrogen and oxygen atoms in total. The molecule has 0 unspecified atom stereocenters. The van der Waals surface area contributed by atoms with Crippen molar-refractivity contribution in [3.05, 3.63) is 35.6 Å². The molecule has 2 amide bonds. The summed E-state index contributed by atoms with van der Waals surface area (Å²) in [6.45, 7) is 3.78. The van der Waals surface area contributed by atoms with Crippen molar-refractivity contribution in [2.45, 2.75) is 25.8 Å². The molecule has 0 saturated heterocycles. The molecule has 0 aromatic heterocycles. The molecule has 7 heteroatoms. The summed E-state index contributed by atoms with van der Waals surface area (Å²) >= 11 is 0. The van der Waals surface area contributed by atoms with Gasteiger partial charge in [-0.25, -0.2) is 4.39 Å². The van der Waals surface area contributed by atoms with Gasteiger partial charge in [-0.3, -0.25) is 9.59 Å². The first-order valence-electron chi connectivity index (χ1n) is 6.33. The van der Waals surface area contributed by atoms with E-state index in [0.29, 0.717) is 12.1 Å². The second-order valence-electron chi connectivity index (χ2n) is 5.35. The Morgan fingerprint density at radius 3 is 2.48 bits per heavy atom. The molecule has 0 heterocycles. The zero-order chi connectivity index (χ0) is 15.2. The summed E-state index contributed by atoms with van der Waals surface area (Å²) in [5.41, 5.74) is 5.78. The van der Waals surface area contributed by atoms with E-state index in [0.717, 1.165) is 0 Å². The van der Waals surface area contributed by atoms with Crippen LogP contribution in [-0.2, 0) is 16.0 Å². The number of nitrogens with one attached hydrogen (secondary N) is 2. The second kappa shape index (κ2) is 8.59. The van der Waals surface area contributed by atoms with Gasteiger partial charge in [0.05, 0.1) is 13.0 Å². The topological polar surface area (TPSA) is 84.2 Å². The van der Waals surface area contributed by atoms with Crippen LogP contribution in [-0.4, -0.2) is 30.4 Å². The fourth-order valence-electron chi connectivity index (χ4n) is 1.46. The van der Waals surface area contributed by atoms with Gasteiger partial charge in [0, 0.05) is 12.1 Å². The predicted octanol–water partition coefficient (Wildman–Crippen LogP) is 0.760. The van der Waals surface area contributed by atoms with E-state index >= 15 is 0 Å². The minimum atomic E-state index is -0.499. The molecule has 0 aliphatic heterocycles. The van der Waals surface area contributed by atoms with E-state index in [1.807, 2.05) is 0 Å². The van der Waals surface area contributed by atoms with E-state index in [4.69, 9.17) is 5.73 Å². The minimum absolute atomic E-state index is 0. The SMILES string of the molecule is CC(C)(N)CNC(=O)CNC(=O)Cc1cccc(F)c1.Cl. The van der Waals surface area contributed by atoms with Crippen LogP contribution in [0.5, 0.6) is 0 Å². The molecule has 0 fully saturated rings. The maximum absolute atomic E-state index is 12.9. The zero-order valence-corrected chi connectivity index (χ0v) is 12.9. The number of rotatable bonds is 6. The molecule has 0 spiro atoms. The maximum atomic E-state index is 12.9. The molecule has 1 aromatic rings. The molecule has 0 radical (unpaired) electrons. The Bertz CT molecular complexity index is 489. The molecule has 1 aromatic carbocycles. The minimum Gasteiger partial charge on any atom is -0.353 e. The lowest BCUT2D eigenvalue weighted by atomic mass is 10.1. The Hall–Kier alpha value is -1.66. The second-order valence-corrected chi connectivity index (χ2v) is 5.35. The maximum Gasteiger partial charge on any atom is 0.239 e. The van der Waals surface area contributed by atoms with Gasteiger partial charge >= 0.3 is 0 Å². The summed E-state index contributed by atoms with van der Waals surface area (Å²) in [6.07, 6.45) is 0.0351. The summed E-state index contributed by atoms with van der Waals surface area (Å²) in [7, 11) is 0. The van der Waals surface area contributed by atoms with Crippen LogP contribution < -0.4 is 16.4 Å². The average molecular weight is 318 g/mol. The molecule has 4 N–H and O–H groups in total. The van der Waals surface area contributed by atoms with Crippen molar-refractivity contribution in [2.75, 3.05) is 13.1 Å². The molecule has 0 aliphatic rings. The highest BCUT2D eigenvalue weighted by molar-refractivity contribution is 5.86. The van der Waals surface area contributed by atoms with Crippen molar-refractivity contribution in [3.8, 4) is 0 Å². The third-order valence-corrected chi connectivity index (χ3v) is 2.44. The van der Waals surface area contributed by atoms with Crippen molar-refractivity contribution in [3.63, 3.8) is 0 Å². The van der Waals surface area contributed by atoms with Crippen LogP contribution in [0.3, 0.4) is 0 Å². The van der Waals surface area contributed by atoms with E-state index in [1.165, 1.54) is 18.2 Å². The molecule has 1 rings (SSSR count). The van der Waals surface area contributed by atoms with Crippen LogP contribution in [0.15, 0.2) is 24.3 Å².